The van der Waals surface area contributed by atoms with Gasteiger partial charge in [0.1, 0.15) is 0 Å². The molecule has 1 aliphatic rings. The number of hydrogen-bond donors (Lipinski definition) is 2. The summed E-state index contributed by atoms with van der Waals surface area (Å²) in [5.74, 6) is 0. The van der Waals surface area contributed by atoms with E-state index in [1.807, 2.05) is 26.8 Å². The molecule has 7 aromatic rings. The maximum atomic E-state index is 6.64. The Morgan fingerprint density at radius 3 is 1.96 bits per heavy atom. The molecule has 0 amide bonds. The predicted octanol–water partition coefficient (Wildman–Crippen LogP) is 11.5. The molecule has 0 radical (unpaired) electrons. The van der Waals surface area contributed by atoms with Crippen molar-refractivity contribution in [3.05, 3.63) is 173 Å². The lowest BCUT2D eigenvalue weighted by atomic mass is 9.96. The summed E-state index contributed by atoms with van der Waals surface area (Å²) in [7, 11) is 0. The molecule has 50 heavy (non-hydrogen) atoms. The van der Waals surface area contributed by atoms with Gasteiger partial charge >= 0.3 is 0 Å². The van der Waals surface area contributed by atoms with Gasteiger partial charge in [-0.2, -0.15) is 0 Å². The molecule has 2 aromatic heterocycles. The van der Waals surface area contributed by atoms with Crippen molar-refractivity contribution in [2.45, 2.75) is 41.2 Å². The van der Waals surface area contributed by atoms with Crippen molar-refractivity contribution < 1.29 is 0 Å². The molecular weight excluding hydrogens is 609 g/mol. The van der Waals surface area contributed by atoms with Crippen molar-refractivity contribution >= 4 is 43.6 Å². The zero-order chi connectivity index (χ0) is 34.9. The van der Waals surface area contributed by atoms with Crippen LogP contribution in [0, 0.1) is 0 Å². The molecule has 248 valence electrons. The van der Waals surface area contributed by atoms with E-state index in [0.717, 1.165) is 33.7 Å². The molecule has 4 nitrogen and oxygen atoms in total. The average Bonchev–Trinajstić information content (AvgIpc) is 3.75. The predicted molar refractivity (Wildman–Crippen MR) is 215 cm³/mol. The Bertz CT molecular complexity index is 2560. The average molecular weight is 653 g/mol. The molecule has 4 N–H and O–H groups in total. The van der Waals surface area contributed by atoms with E-state index < -0.39 is 0 Å². The number of nitrogens with two attached hydrogens (primary N) is 2. The fourth-order valence-electron chi connectivity index (χ4n) is 7.68. The van der Waals surface area contributed by atoms with Crippen molar-refractivity contribution in [1.29, 1.82) is 0 Å². The van der Waals surface area contributed by atoms with Crippen molar-refractivity contribution in [3.63, 3.8) is 0 Å². The maximum Gasteiger partial charge on any atom is 0.0541 e. The van der Waals surface area contributed by atoms with Gasteiger partial charge in [0, 0.05) is 62.3 Å². The van der Waals surface area contributed by atoms with Gasteiger partial charge in [0.05, 0.1) is 16.6 Å². The second-order valence-electron chi connectivity index (χ2n) is 12.5. The van der Waals surface area contributed by atoms with Crippen LogP contribution in [0.3, 0.4) is 0 Å². The quantitative estimate of drug-likeness (QED) is 0.188. The van der Waals surface area contributed by atoms with Crippen molar-refractivity contribution in [2.24, 2.45) is 11.5 Å². The lowest BCUT2D eigenvalue weighted by Gasteiger charge is -2.16. The first-order valence-corrected chi connectivity index (χ1v) is 17.6. The highest BCUT2D eigenvalue weighted by Crippen LogP contribution is 2.41. The molecule has 5 aromatic carbocycles. The molecule has 0 saturated heterocycles. The van der Waals surface area contributed by atoms with Gasteiger partial charge in [-0.15, -0.1) is 0 Å². The number of nitrogens with zero attached hydrogens (tertiary/aromatic N) is 2. The van der Waals surface area contributed by atoms with Gasteiger partial charge in [-0.05, 0) is 91.1 Å². The summed E-state index contributed by atoms with van der Waals surface area (Å²) in [6.45, 7) is 11.0. The summed E-state index contributed by atoms with van der Waals surface area (Å²) in [5.41, 5.74) is 27.3. The fraction of sp³-hybridized carbons (Fsp3) is 0.130. The lowest BCUT2D eigenvalue weighted by molar-refractivity contribution is 0.854. The minimum Gasteiger partial charge on any atom is -0.404 e. The van der Waals surface area contributed by atoms with E-state index in [0.29, 0.717) is 6.54 Å². The van der Waals surface area contributed by atoms with E-state index in [2.05, 4.69) is 150 Å². The summed E-state index contributed by atoms with van der Waals surface area (Å²) < 4.78 is 4.81. The molecule has 0 unspecified atom stereocenters. The number of benzene rings is 5. The first-order chi connectivity index (χ1) is 24.5. The van der Waals surface area contributed by atoms with Crippen molar-refractivity contribution in [2.75, 3.05) is 0 Å². The van der Waals surface area contributed by atoms with Gasteiger partial charge in [-0.25, -0.2) is 0 Å². The van der Waals surface area contributed by atoms with Crippen LogP contribution in [-0.4, -0.2) is 9.13 Å². The molecule has 0 bridgehead atoms. The number of rotatable bonds is 6. The molecule has 0 saturated carbocycles. The van der Waals surface area contributed by atoms with Crippen molar-refractivity contribution in [3.8, 4) is 16.8 Å². The van der Waals surface area contributed by atoms with Crippen molar-refractivity contribution in [1.82, 2.24) is 9.13 Å². The SMILES string of the molecule is C/C=C\C1=C(N)C(=C/N)/C(/C(=C\C)Cn2c3ccccc3c3ccc(-c4ccc5c(c4)c4ccccc4n5-c4ccccc4)cc32)=C1C.CC. The molecule has 8 rings (SSSR count). The zero-order valence-electron chi connectivity index (χ0n) is 29.5. The monoisotopic (exact) mass is 652 g/mol. The van der Waals surface area contributed by atoms with Gasteiger partial charge in [0.25, 0.3) is 0 Å². The number of para-hydroxylation sites is 3. The van der Waals surface area contributed by atoms with E-state index in [1.165, 1.54) is 60.3 Å². The smallest absolute Gasteiger partial charge is 0.0541 e. The van der Waals surface area contributed by atoms with Crippen LogP contribution in [0.25, 0.3) is 60.4 Å². The summed E-state index contributed by atoms with van der Waals surface area (Å²) >= 11 is 0. The minimum atomic E-state index is 0.688. The van der Waals surface area contributed by atoms with Gasteiger partial charge in [0.2, 0.25) is 0 Å². The van der Waals surface area contributed by atoms with Crippen LogP contribution in [-0.2, 0) is 6.54 Å². The van der Waals surface area contributed by atoms with Gasteiger partial charge in [0.15, 0.2) is 0 Å². The number of aromatic nitrogens is 2. The summed E-state index contributed by atoms with van der Waals surface area (Å²) in [4.78, 5) is 0. The molecule has 4 heteroatoms. The fourth-order valence-corrected chi connectivity index (χ4v) is 7.68. The Hall–Kier alpha value is -6.00. The molecule has 1 aliphatic carbocycles. The summed E-state index contributed by atoms with van der Waals surface area (Å²) in [6.07, 6.45) is 7.97. The molecule has 0 spiro atoms. The highest BCUT2D eigenvalue weighted by Gasteiger charge is 2.26. The Morgan fingerprint density at radius 2 is 1.26 bits per heavy atom. The third-order valence-electron chi connectivity index (χ3n) is 9.92. The number of allylic oxidation sites excluding steroid dienone is 7. The van der Waals surface area contributed by atoms with Crippen LogP contribution in [0.15, 0.2) is 173 Å². The van der Waals surface area contributed by atoms with Crippen LogP contribution in [0.1, 0.15) is 34.6 Å². The van der Waals surface area contributed by atoms with Gasteiger partial charge in [-0.1, -0.05) is 105 Å². The van der Waals surface area contributed by atoms with Crippen LogP contribution in [0.5, 0.6) is 0 Å². The second-order valence-corrected chi connectivity index (χ2v) is 12.5. The van der Waals surface area contributed by atoms with Crippen LogP contribution >= 0.6 is 0 Å². The van der Waals surface area contributed by atoms with E-state index in [-0.39, 0.29) is 0 Å². The summed E-state index contributed by atoms with van der Waals surface area (Å²) in [5, 5.41) is 4.98. The topological polar surface area (TPSA) is 61.9 Å². The zero-order valence-corrected chi connectivity index (χ0v) is 29.5. The van der Waals surface area contributed by atoms with Crippen LogP contribution in [0.2, 0.25) is 0 Å². The number of hydrogen-bond acceptors (Lipinski definition) is 2. The maximum absolute atomic E-state index is 6.64. The first-order valence-electron chi connectivity index (χ1n) is 17.6. The summed E-state index contributed by atoms with van der Waals surface area (Å²) in [6, 6.07) is 41.8. The molecular formula is C46H44N4. The standard InChI is InChI=1S/C44H38N4.C2H6/c1-4-13-33-28(3)43(38(26-45)44(33)46)29(5-2)27-47-39-18-11-9-16-34(39)36-22-20-31(25-42(36)47)30-21-23-41-37(24-30)35-17-10-12-19-40(35)48(41)32-14-7-6-8-15-32;1-2/h4-26H,27,45-46H2,1-3H3;1-2H3/b13-4-,29-5-,38-26+;. The van der Waals surface area contributed by atoms with E-state index >= 15 is 0 Å². The third-order valence-corrected chi connectivity index (χ3v) is 9.92. The van der Waals surface area contributed by atoms with E-state index in [1.54, 1.807) is 6.20 Å². The Morgan fingerprint density at radius 1 is 0.660 bits per heavy atom. The Kier molecular flexibility index (Phi) is 8.78. The molecule has 2 heterocycles. The molecule has 0 aliphatic heterocycles. The Labute approximate surface area is 294 Å². The molecule has 0 atom stereocenters. The normalized spacial score (nSPS) is 14.7. The third kappa shape index (κ3) is 5.16. The Balaban J connectivity index is 0.00000193. The second kappa shape index (κ2) is 13.5. The van der Waals surface area contributed by atoms with E-state index in [9.17, 15) is 0 Å². The van der Waals surface area contributed by atoms with Gasteiger partial charge < -0.3 is 20.6 Å². The molecule has 0 fully saturated rings. The minimum absolute atomic E-state index is 0.688. The lowest BCUT2D eigenvalue weighted by Crippen LogP contribution is -2.08. The van der Waals surface area contributed by atoms with Crippen LogP contribution in [0.4, 0.5) is 0 Å². The highest BCUT2D eigenvalue weighted by molar-refractivity contribution is 6.12. The van der Waals surface area contributed by atoms with Gasteiger partial charge in [-0.3, -0.25) is 0 Å². The van der Waals surface area contributed by atoms with Crippen LogP contribution < -0.4 is 11.5 Å². The van der Waals surface area contributed by atoms with E-state index in [4.69, 9.17) is 11.5 Å². The number of fused-ring (bicyclic) bond motifs is 6. The largest absolute Gasteiger partial charge is 0.404 e. The first kappa shape index (κ1) is 32.5. The highest BCUT2D eigenvalue weighted by atomic mass is 15.0.